The molecule has 0 aliphatic carbocycles. The van der Waals surface area contributed by atoms with Gasteiger partial charge in [-0.15, -0.1) is 0 Å². The van der Waals surface area contributed by atoms with Crippen LogP contribution in [-0.2, 0) is 19.1 Å². The summed E-state index contributed by atoms with van der Waals surface area (Å²) in [6.07, 6.45) is -0.212. The van der Waals surface area contributed by atoms with E-state index in [1.54, 1.807) is 12.1 Å². The van der Waals surface area contributed by atoms with Gasteiger partial charge in [0.05, 0.1) is 30.9 Å². The molecule has 0 saturated heterocycles. The van der Waals surface area contributed by atoms with Crippen LogP contribution in [0.5, 0.6) is 0 Å². The molecule has 0 fully saturated rings. The molecule has 0 bridgehead atoms. The zero-order valence-corrected chi connectivity index (χ0v) is 12.4. The molecule has 104 valence electrons. The van der Waals surface area contributed by atoms with Crippen molar-refractivity contribution >= 4 is 33.7 Å². The third kappa shape index (κ3) is 3.44. The van der Waals surface area contributed by atoms with Crippen molar-refractivity contribution in [2.24, 2.45) is 0 Å². The molecule has 1 rings (SSSR count). The smallest absolute Gasteiger partial charge is 0.329 e. The van der Waals surface area contributed by atoms with Crippen LogP contribution in [0.25, 0.3) is 0 Å². The number of rotatable bonds is 5. The number of hydrogen-bond donors (Lipinski definition) is 0. The van der Waals surface area contributed by atoms with Gasteiger partial charge in [-0.1, -0.05) is 0 Å². The van der Waals surface area contributed by atoms with Gasteiger partial charge < -0.3 is 14.0 Å². The summed E-state index contributed by atoms with van der Waals surface area (Å²) in [5.41, 5.74) is 0.311. The first-order valence-electron chi connectivity index (χ1n) is 5.44. The Hall–Kier alpha value is -1.63. The van der Waals surface area contributed by atoms with Crippen LogP contribution in [-0.4, -0.2) is 36.5 Å². The summed E-state index contributed by atoms with van der Waals surface area (Å²) in [7, 11) is 2.45. The number of Topliss-reactive ketones (excluding diaryl/α,β-unsaturated/α-hetero) is 1. The Morgan fingerprint density at radius 3 is 2.37 bits per heavy atom. The highest BCUT2D eigenvalue weighted by molar-refractivity contribution is 9.10. The molecule has 0 radical (unpaired) electrons. The number of carbonyl (C=O) groups is 3. The van der Waals surface area contributed by atoms with Crippen LogP contribution in [0.15, 0.2) is 16.7 Å². The summed E-state index contributed by atoms with van der Waals surface area (Å²) in [5, 5.41) is 0. The van der Waals surface area contributed by atoms with Gasteiger partial charge in [-0.05, 0) is 28.1 Å². The van der Waals surface area contributed by atoms with Crippen molar-refractivity contribution in [2.45, 2.75) is 19.4 Å². The molecular weight excluding hydrogens is 318 g/mol. The molecule has 0 aliphatic rings. The van der Waals surface area contributed by atoms with Gasteiger partial charge in [0.15, 0.2) is 5.78 Å². The minimum Gasteiger partial charge on any atom is -0.469 e. The Morgan fingerprint density at radius 2 is 1.89 bits per heavy atom. The van der Waals surface area contributed by atoms with Gasteiger partial charge in [0.25, 0.3) is 0 Å². The molecule has 1 aromatic rings. The molecule has 0 N–H and O–H groups in total. The van der Waals surface area contributed by atoms with Crippen molar-refractivity contribution in [3.05, 3.63) is 22.4 Å². The summed E-state index contributed by atoms with van der Waals surface area (Å²) in [6.45, 7) is 1.38. The monoisotopic (exact) mass is 331 g/mol. The molecule has 19 heavy (non-hydrogen) atoms. The fraction of sp³-hybridized carbons (Fsp3) is 0.417. The first-order valence-corrected chi connectivity index (χ1v) is 6.24. The topological polar surface area (TPSA) is 74.6 Å². The standard InChI is InChI=1S/C12H14BrNO5/c1-7(15)8-4-5-10(13)14(8)9(12(17)19-3)6-11(16)18-2/h4-5,9H,6H2,1-3H3/t9-/m1/s1. The Labute approximate surface area is 118 Å². The van der Waals surface area contributed by atoms with Crippen LogP contribution < -0.4 is 0 Å². The van der Waals surface area contributed by atoms with Gasteiger partial charge in [0.2, 0.25) is 0 Å². The lowest BCUT2D eigenvalue weighted by molar-refractivity contribution is -0.151. The Morgan fingerprint density at radius 1 is 1.26 bits per heavy atom. The molecular formula is C12H14BrNO5. The van der Waals surface area contributed by atoms with Crippen molar-refractivity contribution in [3.8, 4) is 0 Å². The SMILES string of the molecule is COC(=O)C[C@H](C(=O)OC)n1c(Br)ccc1C(C)=O. The van der Waals surface area contributed by atoms with Crippen LogP contribution >= 0.6 is 15.9 Å². The maximum Gasteiger partial charge on any atom is 0.329 e. The Bertz CT molecular complexity index is 508. The van der Waals surface area contributed by atoms with Gasteiger partial charge >= 0.3 is 11.9 Å². The second kappa shape index (κ2) is 6.51. The Balaban J connectivity index is 3.24. The van der Waals surface area contributed by atoms with Gasteiger partial charge in [-0.25, -0.2) is 4.79 Å². The van der Waals surface area contributed by atoms with Crippen molar-refractivity contribution in [2.75, 3.05) is 14.2 Å². The lowest BCUT2D eigenvalue weighted by atomic mass is 10.2. The fourth-order valence-corrected chi connectivity index (χ4v) is 2.25. The number of hydrogen-bond acceptors (Lipinski definition) is 5. The minimum absolute atomic E-state index is 0.212. The van der Waals surface area contributed by atoms with E-state index in [9.17, 15) is 14.4 Å². The predicted molar refractivity (Wildman–Crippen MR) is 69.8 cm³/mol. The normalized spacial score (nSPS) is 11.8. The molecule has 0 amide bonds. The van der Waals surface area contributed by atoms with Gasteiger partial charge in [0.1, 0.15) is 6.04 Å². The second-order valence-electron chi connectivity index (χ2n) is 3.79. The van der Waals surface area contributed by atoms with E-state index in [0.29, 0.717) is 10.3 Å². The fourth-order valence-electron chi connectivity index (χ4n) is 1.68. The lowest BCUT2D eigenvalue weighted by Gasteiger charge is -2.19. The first kappa shape index (κ1) is 15.4. The zero-order valence-electron chi connectivity index (χ0n) is 10.8. The van der Waals surface area contributed by atoms with Gasteiger partial charge in [0, 0.05) is 6.92 Å². The predicted octanol–water partition coefficient (Wildman–Crippen LogP) is 1.73. The number of halogens is 1. The van der Waals surface area contributed by atoms with Gasteiger partial charge in [-0.3, -0.25) is 9.59 Å². The zero-order chi connectivity index (χ0) is 14.6. The highest BCUT2D eigenvalue weighted by Gasteiger charge is 2.29. The number of methoxy groups -OCH3 is 2. The average molecular weight is 332 g/mol. The molecule has 1 aromatic heterocycles. The third-order valence-electron chi connectivity index (χ3n) is 2.60. The van der Waals surface area contributed by atoms with E-state index in [-0.39, 0.29) is 12.2 Å². The molecule has 6 nitrogen and oxygen atoms in total. The molecule has 0 aromatic carbocycles. The van der Waals surface area contributed by atoms with E-state index in [2.05, 4.69) is 25.4 Å². The summed E-state index contributed by atoms with van der Waals surface area (Å²) < 4.78 is 11.2. The number of esters is 2. The van der Waals surface area contributed by atoms with Crippen molar-refractivity contribution in [3.63, 3.8) is 0 Å². The van der Waals surface area contributed by atoms with E-state index in [1.165, 1.54) is 25.7 Å². The number of aromatic nitrogens is 1. The number of nitrogens with zero attached hydrogens (tertiary/aromatic N) is 1. The van der Waals surface area contributed by atoms with Crippen molar-refractivity contribution in [1.29, 1.82) is 0 Å². The summed E-state index contributed by atoms with van der Waals surface area (Å²) >= 11 is 3.25. The molecule has 1 atom stereocenters. The van der Waals surface area contributed by atoms with Gasteiger partial charge in [-0.2, -0.15) is 0 Å². The van der Waals surface area contributed by atoms with Crippen molar-refractivity contribution in [1.82, 2.24) is 4.57 Å². The number of ether oxygens (including phenoxy) is 2. The molecule has 0 unspecified atom stereocenters. The molecule has 0 saturated carbocycles. The van der Waals surface area contributed by atoms with E-state index in [4.69, 9.17) is 0 Å². The van der Waals surface area contributed by atoms with Crippen LogP contribution in [0.1, 0.15) is 29.9 Å². The quantitative estimate of drug-likeness (QED) is 0.606. The van der Waals surface area contributed by atoms with Crippen LogP contribution in [0.3, 0.4) is 0 Å². The minimum atomic E-state index is -0.944. The lowest BCUT2D eigenvalue weighted by Crippen LogP contribution is -2.26. The summed E-state index contributed by atoms with van der Waals surface area (Å²) in [6, 6.07) is 2.25. The third-order valence-corrected chi connectivity index (χ3v) is 3.25. The van der Waals surface area contributed by atoms with Crippen LogP contribution in [0.4, 0.5) is 0 Å². The van der Waals surface area contributed by atoms with Crippen LogP contribution in [0.2, 0.25) is 0 Å². The van der Waals surface area contributed by atoms with E-state index in [1.807, 2.05) is 0 Å². The molecule has 0 aliphatic heterocycles. The van der Waals surface area contributed by atoms with E-state index in [0.717, 1.165) is 0 Å². The molecule has 7 heteroatoms. The number of ketones is 1. The highest BCUT2D eigenvalue weighted by atomic mass is 79.9. The van der Waals surface area contributed by atoms with E-state index < -0.39 is 18.0 Å². The van der Waals surface area contributed by atoms with Crippen LogP contribution in [0, 0.1) is 0 Å². The first-order chi connectivity index (χ1) is 8.92. The highest BCUT2D eigenvalue weighted by Crippen LogP contribution is 2.25. The molecule has 1 heterocycles. The largest absolute Gasteiger partial charge is 0.469 e. The average Bonchev–Trinajstić information content (AvgIpc) is 2.76. The number of carbonyl (C=O) groups excluding carboxylic acids is 3. The maximum absolute atomic E-state index is 11.8. The van der Waals surface area contributed by atoms with Crippen molar-refractivity contribution < 1.29 is 23.9 Å². The molecule has 0 spiro atoms. The second-order valence-corrected chi connectivity index (χ2v) is 4.60. The summed E-state index contributed by atoms with van der Waals surface area (Å²) in [5.74, 6) is -1.40. The van der Waals surface area contributed by atoms with E-state index >= 15 is 0 Å². The summed E-state index contributed by atoms with van der Waals surface area (Å²) in [4.78, 5) is 34.7. The maximum atomic E-state index is 11.8. The Kier molecular flexibility index (Phi) is 5.29.